The summed E-state index contributed by atoms with van der Waals surface area (Å²) in [6.45, 7) is 12.2. The van der Waals surface area contributed by atoms with Crippen LogP contribution in [0.4, 0.5) is 8.78 Å². The molecular weight excluding hydrogens is 516 g/mol. The lowest BCUT2D eigenvalue weighted by atomic mass is 9.74. The summed E-state index contributed by atoms with van der Waals surface area (Å²) in [7, 11) is 0. The highest BCUT2D eigenvalue weighted by Gasteiger charge is 2.36. The molecule has 0 bridgehead atoms. The third-order valence-electron chi connectivity index (χ3n) is 8.12. The lowest BCUT2D eigenvalue weighted by Gasteiger charge is -2.32. The monoisotopic (exact) mass is 561 g/mol. The number of fused-ring (bicyclic) bond motifs is 1. The molecule has 2 aromatic rings. The highest BCUT2D eigenvalue weighted by molar-refractivity contribution is 6.06. The number of alkyl halides is 2. The van der Waals surface area contributed by atoms with E-state index in [0.717, 1.165) is 24.3 Å². The van der Waals surface area contributed by atoms with Crippen molar-refractivity contribution in [1.29, 1.82) is 0 Å². The number of para-hydroxylation sites is 1. The molecule has 1 heterocycles. The van der Waals surface area contributed by atoms with Gasteiger partial charge in [0.05, 0.1) is 24.1 Å². The molecule has 0 aliphatic heterocycles. The van der Waals surface area contributed by atoms with Crippen molar-refractivity contribution in [3.8, 4) is 0 Å². The largest absolute Gasteiger partial charge is 0.466 e. The van der Waals surface area contributed by atoms with Crippen molar-refractivity contribution < 1.29 is 27.9 Å². The summed E-state index contributed by atoms with van der Waals surface area (Å²) in [6, 6.07) is 6.77. The number of esters is 1. The second-order valence-electron chi connectivity index (χ2n) is 12.4. The Labute approximate surface area is 236 Å². The number of rotatable bonds is 8. The molecule has 1 unspecified atom stereocenters. The van der Waals surface area contributed by atoms with Gasteiger partial charge in [0.1, 0.15) is 0 Å². The SMILES string of the molecule is CC(=O)C(NC(=O)c1nn(CC2CCC(F)(F)CC2)c2ccccc12)C(C)(C)C.CCOC(=O)C1CC(CC)C1. The van der Waals surface area contributed by atoms with E-state index in [1.54, 1.807) is 4.68 Å². The van der Waals surface area contributed by atoms with Crippen LogP contribution >= 0.6 is 0 Å². The van der Waals surface area contributed by atoms with E-state index in [2.05, 4.69) is 17.3 Å². The summed E-state index contributed by atoms with van der Waals surface area (Å²) >= 11 is 0. The number of Topliss-reactive ketones (excluding diaryl/α,β-unsaturated/α-hetero) is 1. The molecule has 2 aliphatic rings. The summed E-state index contributed by atoms with van der Waals surface area (Å²) in [6.07, 6.45) is 3.99. The minimum Gasteiger partial charge on any atom is -0.466 e. The molecule has 2 fully saturated rings. The minimum absolute atomic E-state index is 0.0113. The fraction of sp³-hybridized carbons (Fsp3) is 0.677. The zero-order chi connectivity index (χ0) is 29.7. The first-order valence-corrected chi connectivity index (χ1v) is 14.6. The molecule has 222 valence electrons. The van der Waals surface area contributed by atoms with Gasteiger partial charge in [-0.2, -0.15) is 5.10 Å². The lowest BCUT2D eigenvalue weighted by molar-refractivity contribution is -0.152. The number of ketones is 1. The molecule has 0 spiro atoms. The van der Waals surface area contributed by atoms with Crippen LogP contribution in [0, 0.1) is 23.2 Å². The number of hydrogen-bond donors (Lipinski definition) is 1. The van der Waals surface area contributed by atoms with Crippen LogP contribution in [0.5, 0.6) is 0 Å². The van der Waals surface area contributed by atoms with Crippen LogP contribution in [0.15, 0.2) is 24.3 Å². The summed E-state index contributed by atoms with van der Waals surface area (Å²) in [5.41, 5.74) is 0.634. The van der Waals surface area contributed by atoms with E-state index in [-0.39, 0.29) is 42.1 Å². The third kappa shape index (κ3) is 8.10. The molecule has 2 saturated carbocycles. The van der Waals surface area contributed by atoms with Crippen molar-refractivity contribution in [3.05, 3.63) is 30.0 Å². The fourth-order valence-electron chi connectivity index (χ4n) is 5.61. The van der Waals surface area contributed by atoms with Crippen LogP contribution < -0.4 is 5.32 Å². The van der Waals surface area contributed by atoms with Crippen LogP contribution in [0.1, 0.15) is 97.0 Å². The van der Waals surface area contributed by atoms with Gasteiger partial charge in [-0.15, -0.1) is 0 Å². The van der Waals surface area contributed by atoms with Crippen LogP contribution in [-0.4, -0.2) is 46.0 Å². The first-order valence-electron chi connectivity index (χ1n) is 14.6. The molecule has 40 heavy (non-hydrogen) atoms. The zero-order valence-corrected chi connectivity index (χ0v) is 24.8. The topological polar surface area (TPSA) is 90.3 Å². The Bertz CT molecular complexity index is 1170. The second kappa shape index (κ2) is 13.2. The Hall–Kier alpha value is -2.84. The molecule has 0 saturated heterocycles. The van der Waals surface area contributed by atoms with E-state index in [4.69, 9.17) is 4.74 Å². The van der Waals surface area contributed by atoms with Gasteiger partial charge in [-0.05, 0) is 62.8 Å². The number of halogens is 2. The summed E-state index contributed by atoms with van der Waals surface area (Å²) in [4.78, 5) is 36.1. The van der Waals surface area contributed by atoms with Gasteiger partial charge in [0.2, 0.25) is 5.92 Å². The molecule has 1 amide bonds. The van der Waals surface area contributed by atoms with Crippen molar-refractivity contribution in [1.82, 2.24) is 15.1 Å². The smallest absolute Gasteiger partial charge is 0.308 e. The van der Waals surface area contributed by atoms with Gasteiger partial charge in [0, 0.05) is 24.8 Å². The standard InChI is InChI=1S/C22H29F2N3O2.C9H16O2/c1-14(28)19(21(2,3)4)25-20(29)18-16-7-5-6-8-17(16)27(26-18)13-15-9-11-22(23,24)12-10-15;1-3-7-5-8(6-7)9(10)11-4-2/h5-8,15,19H,9-13H2,1-4H3,(H,25,29);7-8H,3-6H2,1-2H3. The highest BCUT2D eigenvalue weighted by atomic mass is 19.3. The first-order chi connectivity index (χ1) is 18.8. The number of ether oxygens (including phenoxy) is 1. The second-order valence-corrected chi connectivity index (χ2v) is 12.4. The first kappa shape index (κ1) is 31.7. The minimum atomic E-state index is -2.57. The number of aromatic nitrogens is 2. The number of nitrogens with zero attached hydrogens (tertiary/aromatic N) is 2. The average molecular weight is 562 g/mol. The number of benzene rings is 1. The van der Waals surface area contributed by atoms with Crippen LogP contribution in [0.2, 0.25) is 0 Å². The van der Waals surface area contributed by atoms with Gasteiger partial charge in [-0.25, -0.2) is 8.78 Å². The number of amides is 1. The molecule has 1 atom stereocenters. The van der Waals surface area contributed by atoms with Gasteiger partial charge in [0.25, 0.3) is 5.91 Å². The van der Waals surface area contributed by atoms with Gasteiger partial charge in [0.15, 0.2) is 11.5 Å². The van der Waals surface area contributed by atoms with Crippen molar-refractivity contribution in [3.63, 3.8) is 0 Å². The molecule has 2 aliphatic carbocycles. The molecule has 1 N–H and O–H groups in total. The van der Waals surface area contributed by atoms with E-state index in [1.165, 1.54) is 13.3 Å². The van der Waals surface area contributed by atoms with Crippen LogP contribution in [0.3, 0.4) is 0 Å². The van der Waals surface area contributed by atoms with Crippen molar-refractivity contribution in [2.45, 2.75) is 105 Å². The number of nitrogens with one attached hydrogen (secondary N) is 1. The molecule has 1 aromatic carbocycles. The Balaban J connectivity index is 0.000000336. The molecular formula is C31H45F2N3O4. The number of carbonyl (C=O) groups is 3. The van der Waals surface area contributed by atoms with E-state index in [9.17, 15) is 23.2 Å². The van der Waals surface area contributed by atoms with Gasteiger partial charge >= 0.3 is 5.97 Å². The average Bonchev–Trinajstić information content (AvgIpc) is 3.21. The summed E-state index contributed by atoms with van der Waals surface area (Å²) < 4.78 is 33.6. The predicted molar refractivity (Wildman–Crippen MR) is 151 cm³/mol. The Morgan fingerprint density at radius 3 is 2.27 bits per heavy atom. The molecule has 4 rings (SSSR count). The molecule has 7 nitrogen and oxygen atoms in total. The van der Waals surface area contributed by atoms with E-state index < -0.39 is 23.3 Å². The maximum absolute atomic E-state index is 13.5. The molecule has 0 radical (unpaired) electrons. The van der Waals surface area contributed by atoms with E-state index >= 15 is 0 Å². The van der Waals surface area contributed by atoms with Crippen LogP contribution in [0.25, 0.3) is 10.9 Å². The third-order valence-corrected chi connectivity index (χ3v) is 8.12. The lowest BCUT2D eigenvalue weighted by Crippen LogP contribution is -2.48. The normalized spacial score (nSPS) is 21.5. The maximum atomic E-state index is 13.5. The van der Waals surface area contributed by atoms with Crippen LogP contribution in [-0.2, 0) is 20.9 Å². The summed E-state index contributed by atoms with van der Waals surface area (Å²) in [5.74, 6) is -1.96. The number of hydrogen-bond acceptors (Lipinski definition) is 5. The van der Waals surface area contributed by atoms with Crippen molar-refractivity contribution in [2.75, 3.05) is 6.61 Å². The predicted octanol–water partition coefficient (Wildman–Crippen LogP) is 6.58. The Kier molecular flexibility index (Phi) is 10.5. The van der Waals surface area contributed by atoms with Gasteiger partial charge in [-0.3, -0.25) is 19.1 Å². The quantitative estimate of drug-likeness (QED) is 0.368. The zero-order valence-electron chi connectivity index (χ0n) is 24.8. The highest BCUT2D eigenvalue weighted by Crippen LogP contribution is 2.37. The molecule has 9 heteroatoms. The Morgan fingerprint density at radius 1 is 1.10 bits per heavy atom. The van der Waals surface area contributed by atoms with Crippen molar-refractivity contribution >= 4 is 28.6 Å². The van der Waals surface area contributed by atoms with E-state index in [1.807, 2.05) is 52.0 Å². The Morgan fingerprint density at radius 2 is 1.73 bits per heavy atom. The molecule has 1 aromatic heterocycles. The summed E-state index contributed by atoms with van der Waals surface area (Å²) in [5, 5.41) is 8.05. The maximum Gasteiger partial charge on any atom is 0.308 e. The fourth-order valence-corrected chi connectivity index (χ4v) is 5.61. The van der Waals surface area contributed by atoms with Crippen molar-refractivity contribution in [2.24, 2.45) is 23.2 Å². The van der Waals surface area contributed by atoms with Gasteiger partial charge in [-0.1, -0.05) is 52.3 Å². The van der Waals surface area contributed by atoms with Gasteiger partial charge < -0.3 is 10.1 Å². The van der Waals surface area contributed by atoms with E-state index in [0.29, 0.717) is 31.4 Å². The number of carbonyl (C=O) groups excluding carboxylic acids is 3.